The van der Waals surface area contributed by atoms with Crippen LogP contribution in [0.15, 0.2) is 65.7 Å². The molecule has 4 rings (SSSR count). The summed E-state index contributed by atoms with van der Waals surface area (Å²) in [7, 11) is 0. The first kappa shape index (κ1) is 15.6. The van der Waals surface area contributed by atoms with Gasteiger partial charge in [-0.3, -0.25) is 0 Å². The number of nitrogens with zero attached hydrogens (tertiary/aromatic N) is 2. The number of fused-ring (bicyclic) bond motifs is 3. The molecule has 0 saturated heterocycles. The Balaban J connectivity index is 1.65. The minimum atomic E-state index is -0.241. The Morgan fingerprint density at radius 1 is 1.12 bits per heavy atom. The third kappa shape index (κ3) is 2.84. The predicted molar refractivity (Wildman–Crippen MR) is 101 cm³/mol. The average Bonchev–Trinajstić information content (AvgIpc) is 2.98. The topological polar surface area (TPSA) is 41.6 Å². The molecule has 3 aromatic carbocycles. The number of hydrogen-bond donors (Lipinski definition) is 1. The zero-order valence-electron chi connectivity index (χ0n) is 14.1. The summed E-state index contributed by atoms with van der Waals surface area (Å²) in [5.74, 6) is 0.653. The number of halogens is 1. The zero-order valence-corrected chi connectivity index (χ0v) is 14.1. The van der Waals surface area contributed by atoms with Gasteiger partial charge < -0.3 is 10.6 Å². The van der Waals surface area contributed by atoms with Gasteiger partial charge in [0.25, 0.3) is 0 Å². The molecule has 0 fully saturated rings. The Bertz CT molecular complexity index is 947. The Labute approximate surface area is 146 Å². The Morgan fingerprint density at radius 2 is 1.88 bits per heavy atom. The summed E-state index contributed by atoms with van der Waals surface area (Å²) < 4.78 is 13.0. The van der Waals surface area contributed by atoms with E-state index in [9.17, 15) is 4.39 Å². The van der Waals surface area contributed by atoms with Crippen LogP contribution in [0.2, 0.25) is 0 Å². The highest BCUT2D eigenvalue weighted by Gasteiger charge is 2.29. The summed E-state index contributed by atoms with van der Waals surface area (Å²) in [5, 5.41) is 2.53. The van der Waals surface area contributed by atoms with Gasteiger partial charge in [-0.05, 0) is 40.1 Å². The fourth-order valence-electron chi connectivity index (χ4n) is 3.57. The lowest BCUT2D eigenvalue weighted by molar-refractivity contribution is 0.627. The first-order valence-electron chi connectivity index (χ1n) is 8.47. The van der Waals surface area contributed by atoms with Crippen molar-refractivity contribution in [3.8, 4) is 0 Å². The van der Waals surface area contributed by atoms with Crippen molar-refractivity contribution in [1.82, 2.24) is 0 Å². The molecule has 3 aromatic rings. The molecule has 0 aliphatic carbocycles. The van der Waals surface area contributed by atoms with Crippen molar-refractivity contribution < 1.29 is 4.39 Å². The molecule has 0 amide bonds. The molecule has 126 valence electrons. The van der Waals surface area contributed by atoms with E-state index >= 15 is 0 Å². The van der Waals surface area contributed by atoms with Crippen LogP contribution in [-0.4, -0.2) is 12.5 Å². The first-order valence-corrected chi connectivity index (χ1v) is 8.47. The third-order valence-electron chi connectivity index (χ3n) is 4.80. The highest BCUT2D eigenvalue weighted by Crippen LogP contribution is 2.40. The Morgan fingerprint density at radius 3 is 2.68 bits per heavy atom. The van der Waals surface area contributed by atoms with Crippen molar-refractivity contribution in [2.75, 3.05) is 11.4 Å². The summed E-state index contributed by atoms with van der Waals surface area (Å²) in [6, 6.07) is 19.1. The molecule has 4 heteroatoms. The second kappa shape index (κ2) is 6.20. The molecule has 0 bridgehead atoms. The highest BCUT2D eigenvalue weighted by molar-refractivity contribution is 6.02. The van der Waals surface area contributed by atoms with Crippen molar-refractivity contribution in [3.63, 3.8) is 0 Å². The summed E-state index contributed by atoms with van der Waals surface area (Å²) in [6.07, 6.45) is 0. The number of benzene rings is 3. The van der Waals surface area contributed by atoms with Crippen molar-refractivity contribution in [2.24, 2.45) is 10.7 Å². The van der Waals surface area contributed by atoms with Crippen molar-refractivity contribution in [3.05, 3.63) is 77.6 Å². The van der Waals surface area contributed by atoms with Crippen molar-refractivity contribution >= 4 is 22.4 Å². The average molecular weight is 333 g/mol. The summed E-state index contributed by atoms with van der Waals surface area (Å²) in [6.45, 7) is 3.49. The van der Waals surface area contributed by atoms with Crippen LogP contribution in [0.5, 0.6) is 0 Å². The normalized spacial score (nSPS) is 17.1. The molecule has 0 aromatic heterocycles. The molecule has 3 nitrogen and oxygen atoms in total. The van der Waals surface area contributed by atoms with Crippen molar-refractivity contribution in [1.29, 1.82) is 0 Å². The van der Waals surface area contributed by atoms with Gasteiger partial charge in [-0.25, -0.2) is 9.38 Å². The standard InChI is InChI=1S/C21H20FN3/c1-14-13-25(21(23)24-12-15-6-9-17(22)10-7-15)19-11-8-16-4-2-3-5-18(16)20(14)19/h2-11,14H,12-13H2,1H3,(H2,23,24). The van der Waals surface area contributed by atoms with Crippen LogP contribution in [0.1, 0.15) is 24.0 Å². The zero-order chi connectivity index (χ0) is 17.4. The highest BCUT2D eigenvalue weighted by atomic mass is 19.1. The second-order valence-electron chi connectivity index (χ2n) is 6.53. The molecule has 0 spiro atoms. The SMILES string of the molecule is CC1CN(C(N)=NCc2ccc(F)cc2)c2ccc3ccccc3c21. The minimum Gasteiger partial charge on any atom is -0.370 e. The maximum absolute atomic E-state index is 13.0. The number of anilines is 1. The van der Waals surface area contributed by atoms with Crippen molar-refractivity contribution in [2.45, 2.75) is 19.4 Å². The monoisotopic (exact) mass is 333 g/mol. The van der Waals surface area contributed by atoms with Gasteiger partial charge in [-0.1, -0.05) is 49.4 Å². The molecule has 0 radical (unpaired) electrons. The first-order chi connectivity index (χ1) is 12.1. The molecular formula is C21H20FN3. The van der Waals surface area contributed by atoms with Crippen LogP contribution in [0.4, 0.5) is 10.1 Å². The van der Waals surface area contributed by atoms with Gasteiger partial charge in [-0.15, -0.1) is 0 Å². The fraction of sp³-hybridized carbons (Fsp3) is 0.190. The predicted octanol–water partition coefficient (Wildman–Crippen LogP) is 4.42. The van der Waals surface area contributed by atoms with E-state index in [1.807, 2.05) is 0 Å². The lowest BCUT2D eigenvalue weighted by atomic mass is 9.96. The smallest absolute Gasteiger partial charge is 0.196 e. The van der Waals surface area contributed by atoms with Gasteiger partial charge in [0.15, 0.2) is 5.96 Å². The molecule has 1 aliphatic rings. The van der Waals surface area contributed by atoms with Crippen LogP contribution >= 0.6 is 0 Å². The van der Waals surface area contributed by atoms with E-state index < -0.39 is 0 Å². The lowest BCUT2D eigenvalue weighted by Crippen LogP contribution is -2.36. The molecule has 2 N–H and O–H groups in total. The van der Waals surface area contributed by atoms with Crippen LogP contribution in [0.25, 0.3) is 10.8 Å². The van der Waals surface area contributed by atoms with Crippen LogP contribution in [0, 0.1) is 5.82 Å². The number of nitrogens with two attached hydrogens (primary N) is 1. The van der Waals surface area contributed by atoms with Crippen LogP contribution < -0.4 is 10.6 Å². The van der Waals surface area contributed by atoms with E-state index in [0.717, 1.165) is 17.8 Å². The van der Waals surface area contributed by atoms with E-state index in [1.165, 1.54) is 28.5 Å². The van der Waals surface area contributed by atoms with E-state index in [1.54, 1.807) is 12.1 Å². The fourth-order valence-corrected chi connectivity index (χ4v) is 3.57. The van der Waals surface area contributed by atoms with E-state index in [0.29, 0.717) is 18.4 Å². The van der Waals surface area contributed by atoms with Gasteiger partial charge in [0.05, 0.1) is 6.54 Å². The molecule has 1 aliphatic heterocycles. The maximum Gasteiger partial charge on any atom is 0.196 e. The van der Waals surface area contributed by atoms with E-state index in [4.69, 9.17) is 5.73 Å². The largest absolute Gasteiger partial charge is 0.370 e. The number of hydrogen-bond acceptors (Lipinski definition) is 1. The van der Waals surface area contributed by atoms with Crippen LogP contribution in [-0.2, 0) is 6.54 Å². The Hall–Kier alpha value is -2.88. The summed E-state index contributed by atoms with van der Waals surface area (Å²) in [4.78, 5) is 6.60. The lowest BCUT2D eigenvalue weighted by Gasteiger charge is -2.18. The second-order valence-corrected chi connectivity index (χ2v) is 6.53. The van der Waals surface area contributed by atoms with Gasteiger partial charge in [0, 0.05) is 18.2 Å². The van der Waals surface area contributed by atoms with Gasteiger partial charge >= 0.3 is 0 Å². The Kier molecular flexibility index (Phi) is 3.88. The summed E-state index contributed by atoms with van der Waals surface area (Å²) in [5.41, 5.74) is 9.68. The minimum absolute atomic E-state index is 0.241. The molecule has 1 atom stereocenters. The van der Waals surface area contributed by atoms with Gasteiger partial charge in [0.2, 0.25) is 0 Å². The maximum atomic E-state index is 13.0. The molecule has 1 heterocycles. The van der Waals surface area contributed by atoms with Gasteiger partial charge in [0.1, 0.15) is 5.82 Å². The molecule has 1 unspecified atom stereocenters. The van der Waals surface area contributed by atoms with Gasteiger partial charge in [-0.2, -0.15) is 0 Å². The number of guanidine groups is 1. The molecular weight excluding hydrogens is 313 g/mol. The number of aliphatic imine (C=N–C) groups is 1. The summed E-state index contributed by atoms with van der Waals surface area (Å²) >= 11 is 0. The number of rotatable bonds is 2. The third-order valence-corrected chi connectivity index (χ3v) is 4.80. The van der Waals surface area contributed by atoms with E-state index in [2.05, 4.69) is 53.2 Å². The quantitative estimate of drug-likeness (QED) is 0.557. The molecule has 25 heavy (non-hydrogen) atoms. The van der Waals surface area contributed by atoms with E-state index in [-0.39, 0.29) is 5.82 Å². The van der Waals surface area contributed by atoms with Crippen LogP contribution in [0.3, 0.4) is 0 Å². The molecule has 0 saturated carbocycles.